The standard InChI is InChI=1S/C28H27NO4/c1-16(2)28(31)33-23-14-12-18(15-24(23)32-3)25-26-19-8-5-4-7-17(19)11-13-21(26)29-20-9-6-10-22(30)27(20)25/h4-5,7-8,11-16,25,29H,6,9-10H2,1-3H3/t25-/m1/s1. The minimum atomic E-state index is -0.313. The lowest BCUT2D eigenvalue weighted by molar-refractivity contribution is -0.137. The van der Waals surface area contributed by atoms with Crippen LogP contribution in [0, 0.1) is 5.92 Å². The van der Waals surface area contributed by atoms with Crippen molar-refractivity contribution in [3.05, 3.63) is 77.0 Å². The van der Waals surface area contributed by atoms with Crippen molar-refractivity contribution in [2.75, 3.05) is 12.4 Å². The quantitative estimate of drug-likeness (QED) is 0.399. The average Bonchev–Trinajstić information content (AvgIpc) is 2.83. The predicted octanol–water partition coefficient (Wildman–Crippen LogP) is 5.97. The normalized spacial score (nSPS) is 17.5. The minimum absolute atomic E-state index is 0.182. The van der Waals surface area contributed by atoms with Crippen molar-refractivity contribution in [2.24, 2.45) is 5.92 Å². The van der Waals surface area contributed by atoms with Crippen molar-refractivity contribution in [3.8, 4) is 11.5 Å². The monoisotopic (exact) mass is 441 g/mol. The largest absolute Gasteiger partial charge is 0.493 e. The number of methoxy groups -OCH3 is 1. The van der Waals surface area contributed by atoms with E-state index in [9.17, 15) is 9.59 Å². The van der Waals surface area contributed by atoms with E-state index >= 15 is 0 Å². The van der Waals surface area contributed by atoms with Crippen LogP contribution in [0.15, 0.2) is 65.9 Å². The maximum absolute atomic E-state index is 13.2. The summed E-state index contributed by atoms with van der Waals surface area (Å²) >= 11 is 0. The van der Waals surface area contributed by atoms with Crippen LogP contribution in [0.1, 0.15) is 50.2 Å². The molecule has 5 nitrogen and oxygen atoms in total. The van der Waals surface area contributed by atoms with Crippen LogP contribution < -0.4 is 14.8 Å². The van der Waals surface area contributed by atoms with Gasteiger partial charge in [-0.3, -0.25) is 9.59 Å². The summed E-state index contributed by atoms with van der Waals surface area (Å²) in [7, 11) is 1.56. The summed E-state index contributed by atoms with van der Waals surface area (Å²) in [6.07, 6.45) is 2.26. The topological polar surface area (TPSA) is 64.6 Å². The molecule has 3 aromatic carbocycles. The third kappa shape index (κ3) is 3.67. The molecular weight excluding hydrogens is 414 g/mol. The van der Waals surface area contributed by atoms with E-state index in [4.69, 9.17) is 9.47 Å². The number of anilines is 1. The summed E-state index contributed by atoms with van der Waals surface area (Å²) < 4.78 is 11.2. The zero-order valence-corrected chi connectivity index (χ0v) is 19.1. The summed E-state index contributed by atoms with van der Waals surface area (Å²) in [5, 5.41) is 5.80. The van der Waals surface area contributed by atoms with E-state index in [1.807, 2.05) is 24.3 Å². The van der Waals surface area contributed by atoms with Gasteiger partial charge in [0.15, 0.2) is 17.3 Å². The number of ether oxygens (including phenoxy) is 2. The van der Waals surface area contributed by atoms with Crippen LogP contribution in [0.3, 0.4) is 0 Å². The Morgan fingerprint density at radius 2 is 1.85 bits per heavy atom. The molecule has 0 bridgehead atoms. The molecular formula is C28H27NO4. The molecule has 1 heterocycles. The Hall–Kier alpha value is -3.60. The van der Waals surface area contributed by atoms with Crippen molar-refractivity contribution in [3.63, 3.8) is 0 Å². The Morgan fingerprint density at radius 3 is 2.64 bits per heavy atom. The first-order valence-corrected chi connectivity index (χ1v) is 11.4. The molecule has 2 aliphatic rings. The Labute approximate surface area is 193 Å². The number of nitrogens with one attached hydrogen (secondary N) is 1. The summed E-state index contributed by atoms with van der Waals surface area (Å²) in [4.78, 5) is 25.4. The zero-order chi connectivity index (χ0) is 23.1. The van der Waals surface area contributed by atoms with Gasteiger partial charge in [0.25, 0.3) is 0 Å². The smallest absolute Gasteiger partial charge is 0.313 e. The zero-order valence-electron chi connectivity index (χ0n) is 19.1. The number of hydrogen-bond donors (Lipinski definition) is 1. The van der Waals surface area contributed by atoms with E-state index in [-0.39, 0.29) is 23.6 Å². The second kappa shape index (κ2) is 8.39. The van der Waals surface area contributed by atoms with Crippen LogP contribution in [0.2, 0.25) is 0 Å². The summed E-state index contributed by atoms with van der Waals surface area (Å²) in [6.45, 7) is 3.59. The minimum Gasteiger partial charge on any atom is -0.493 e. The number of benzene rings is 3. The Kier molecular flexibility index (Phi) is 5.41. The van der Waals surface area contributed by atoms with Crippen LogP contribution in [-0.2, 0) is 9.59 Å². The van der Waals surface area contributed by atoms with E-state index in [0.717, 1.165) is 51.7 Å². The average molecular weight is 442 g/mol. The van der Waals surface area contributed by atoms with Crippen molar-refractivity contribution in [1.82, 2.24) is 0 Å². The number of rotatable bonds is 4. The first-order valence-electron chi connectivity index (χ1n) is 11.4. The number of fused-ring (bicyclic) bond motifs is 3. The van der Waals surface area contributed by atoms with E-state index in [2.05, 4.69) is 29.6 Å². The van der Waals surface area contributed by atoms with Gasteiger partial charge in [-0.05, 0) is 52.9 Å². The number of carbonyl (C=O) groups is 2. The molecule has 0 saturated heterocycles. The molecule has 1 aliphatic heterocycles. The molecule has 0 spiro atoms. The van der Waals surface area contributed by atoms with Gasteiger partial charge in [0.05, 0.1) is 13.0 Å². The third-order valence-corrected chi connectivity index (χ3v) is 6.49. The lowest BCUT2D eigenvalue weighted by Gasteiger charge is -2.35. The molecule has 0 radical (unpaired) electrons. The Balaban J connectivity index is 1.70. The lowest BCUT2D eigenvalue weighted by Crippen LogP contribution is -2.27. The van der Waals surface area contributed by atoms with Gasteiger partial charge in [0, 0.05) is 29.3 Å². The molecule has 0 unspecified atom stereocenters. The van der Waals surface area contributed by atoms with Crippen LogP contribution in [0.25, 0.3) is 10.8 Å². The van der Waals surface area contributed by atoms with E-state index in [1.54, 1.807) is 27.0 Å². The fourth-order valence-electron chi connectivity index (χ4n) is 4.86. The highest BCUT2D eigenvalue weighted by atomic mass is 16.6. The van der Waals surface area contributed by atoms with Gasteiger partial charge in [0.2, 0.25) is 0 Å². The summed E-state index contributed by atoms with van der Waals surface area (Å²) in [6, 6.07) is 18.1. The van der Waals surface area contributed by atoms with Gasteiger partial charge in [-0.15, -0.1) is 0 Å². The van der Waals surface area contributed by atoms with Crippen molar-refractivity contribution < 1.29 is 19.1 Å². The number of allylic oxidation sites excluding steroid dienone is 2. The van der Waals surface area contributed by atoms with E-state index in [1.165, 1.54) is 0 Å². The highest BCUT2D eigenvalue weighted by Gasteiger charge is 2.36. The number of ketones is 1. The highest BCUT2D eigenvalue weighted by Crippen LogP contribution is 2.49. The number of esters is 1. The molecule has 0 saturated carbocycles. The molecule has 1 atom stereocenters. The molecule has 5 rings (SSSR count). The lowest BCUT2D eigenvalue weighted by atomic mass is 9.74. The molecule has 168 valence electrons. The maximum Gasteiger partial charge on any atom is 0.313 e. The second-order valence-corrected chi connectivity index (χ2v) is 8.96. The van der Waals surface area contributed by atoms with Crippen LogP contribution >= 0.6 is 0 Å². The summed E-state index contributed by atoms with van der Waals surface area (Å²) in [5.74, 6) is 0.264. The first-order chi connectivity index (χ1) is 16.0. The van der Waals surface area contributed by atoms with Gasteiger partial charge < -0.3 is 14.8 Å². The van der Waals surface area contributed by atoms with Gasteiger partial charge in [0.1, 0.15) is 0 Å². The molecule has 3 aromatic rings. The van der Waals surface area contributed by atoms with Crippen LogP contribution in [-0.4, -0.2) is 18.9 Å². The van der Waals surface area contributed by atoms with E-state index in [0.29, 0.717) is 17.9 Å². The molecule has 0 fully saturated rings. The van der Waals surface area contributed by atoms with Crippen molar-refractivity contribution >= 4 is 28.2 Å². The van der Waals surface area contributed by atoms with Gasteiger partial charge >= 0.3 is 5.97 Å². The molecule has 33 heavy (non-hydrogen) atoms. The van der Waals surface area contributed by atoms with Crippen LogP contribution in [0.5, 0.6) is 11.5 Å². The predicted molar refractivity (Wildman–Crippen MR) is 129 cm³/mol. The molecule has 0 aromatic heterocycles. The summed E-state index contributed by atoms with van der Waals surface area (Å²) in [5.41, 5.74) is 4.91. The molecule has 5 heteroatoms. The molecule has 0 amide bonds. The molecule has 1 aliphatic carbocycles. The van der Waals surface area contributed by atoms with Crippen LogP contribution in [0.4, 0.5) is 5.69 Å². The number of carbonyl (C=O) groups excluding carboxylic acids is 2. The van der Waals surface area contributed by atoms with E-state index < -0.39 is 0 Å². The van der Waals surface area contributed by atoms with Crippen molar-refractivity contribution in [1.29, 1.82) is 0 Å². The van der Waals surface area contributed by atoms with Gasteiger partial charge in [-0.2, -0.15) is 0 Å². The van der Waals surface area contributed by atoms with Gasteiger partial charge in [-0.25, -0.2) is 0 Å². The Morgan fingerprint density at radius 1 is 1.03 bits per heavy atom. The third-order valence-electron chi connectivity index (χ3n) is 6.49. The number of Topliss-reactive ketones (excluding diaryl/α,β-unsaturated/α-hetero) is 1. The molecule has 1 N–H and O–H groups in total. The fraction of sp³-hybridized carbons (Fsp3) is 0.286. The van der Waals surface area contributed by atoms with Gasteiger partial charge in [-0.1, -0.05) is 50.2 Å². The van der Waals surface area contributed by atoms with Crippen molar-refractivity contribution in [2.45, 2.75) is 39.0 Å². The fourth-order valence-corrected chi connectivity index (χ4v) is 4.86. The number of hydrogen-bond acceptors (Lipinski definition) is 5. The maximum atomic E-state index is 13.2. The first kappa shape index (κ1) is 21.3. The highest BCUT2D eigenvalue weighted by molar-refractivity contribution is 6.04. The Bertz CT molecular complexity index is 1300. The SMILES string of the molecule is COc1cc([C@H]2C3=C(CCCC3=O)Nc3ccc4ccccc4c32)ccc1OC(=O)C(C)C. The second-order valence-electron chi connectivity index (χ2n) is 8.96.